The number of pyridine rings is 1. The zero-order chi connectivity index (χ0) is 22.5. The molecule has 4 rings (SSSR count). The molecule has 1 aromatic heterocycles. The minimum atomic E-state index is -0.501. The zero-order valence-corrected chi connectivity index (χ0v) is 17.4. The number of morpholine rings is 1. The lowest BCUT2D eigenvalue weighted by molar-refractivity contribution is -0.384. The first-order valence-corrected chi connectivity index (χ1v) is 10.3. The van der Waals surface area contributed by atoms with Crippen molar-refractivity contribution in [3.63, 3.8) is 0 Å². The molecule has 2 aromatic carbocycles. The van der Waals surface area contributed by atoms with Crippen molar-refractivity contribution < 1.29 is 14.4 Å². The van der Waals surface area contributed by atoms with E-state index in [0.717, 1.165) is 39.3 Å². The third-order valence-corrected chi connectivity index (χ3v) is 5.41. The number of rotatable bonds is 7. The minimum Gasteiger partial charge on any atom is -0.493 e. The van der Waals surface area contributed by atoms with Crippen LogP contribution in [-0.2, 0) is 4.74 Å². The van der Waals surface area contributed by atoms with Crippen LogP contribution in [-0.4, -0.2) is 53.8 Å². The Kier molecular flexibility index (Phi) is 6.44. The van der Waals surface area contributed by atoms with E-state index in [4.69, 9.17) is 9.47 Å². The number of hydrogen-bond acceptors (Lipinski definition) is 7. The number of hydrogen-bond donors (Lipinski definition) is 0. The zero-order valence-electron chi connectivity index (χ0n) is 17.4. The summed E-state index contributed by atoms with van der Waals surface area (Å²) in [5, 5.41) is 21.0. The summed E-state index contributed by atoms with van der Waals surface area (Å²) in [6, 6.07) is 14.5. The lowest BCUT2D eigenvalue weighted by atomic mass is 10.1. The van der Waals surface area contributed by atoms with Crippen LogP contribution >= 0.6 is 0 Å². The van der Waals surface area contributed by atoms with Gasteiger partial charge < -0.3 is 9.47 Å². The number of benzene rings is 2. The molecule has 9 nitrogen and oxygen atoms in total. The number of non-ortho nitro benzene ring substituents is 1. The van der Waals surface area contributed by atoms with Crippen molar-refractivity contribution in [3.05, 3.63) is 74.6 Å². The van der Waals surface area contributed by atoms with Crippen molar-refractivity contribution in [1.82, 2.24) is 9.47 Å². The van der Waals surface area contributed by atoms with Crippen molar-refractivity contribution >= 4 is 16.6 Å². The molecule has 9 heteroatoms. The minimum absolute atomic E-state index is 0.00460. The van der Waals surface area contributed by atoms with E-state index in [0.29, 0.717) is 28.9 Å². The van der Waals surface area contributed by atoms with Gasteiger partial charge in [-0.25, -0.2) is 0 Å². The SMILES string of the molecule is N#Cc1cc2ccc(OCCCN3CCOCC3)cc2n(-c2ccc([N+](=O)[O-])cc2)c1=O. The Morgan fingerprint density at radius 1 is 1.12 bits per heavy atom. The van der Waals surface area contributed by atoms with Crippen molar-refractivity contribution in [2.75, 3.05) is 39.5 Å². The van der Waals surface area contributed by atoms with Crippen LogP contribution < -0.4 is 10.3 Å². The Morgan fingerprint density at radius 3 is 2.56 bits per heavy atom. The molecule has 0 radical (unpaired) electrons. The molecular weight excluding hydrogens is 412 g/mol. The fourth-order valence-corrected chi connectivity index (χ4v) is 3.74. The van der Waals surface area contributed by atoms with E-state index in [1.54, 1.807) is 18.2 Å². The molecule has 1 fully saturated rings. The molecule has 2 heterocycles. The van der Waals surface area contributed by atoms with Gasteiger partial charge in [0.15, 0.2) is 0 Å². The molecule has 3 aromatic rings. The van der Waals surface area contributed by atoms with Gasteiger partial charge in [0.25, 0.3) is 11.2 Å². The van der Waals surface area contributed by atoms with E-state index < -0.39 is 10.5 Å². The predicted molar refractivity (Wildman–Crippen MR) is 118 cm³/mol. The fraction of sp³-hybridized carbons (Fsp3) is 0.304. The third-order valence-electron chi connectivity index (χ3n) is 5.41. The highest BCUT2D eigenvalue weighted by Gasteiger charge is 2.14. The second-order valence-electron chi connectivity index (χ2n) is 7.46. The Bertz CT molecular complexity index is 1220. The van der Waals surface area contributed by atoms with Gasteiger partial charge in [-0.15, -0.1) is 0 Å². The Labute approximate surface area is 184 Å². The van der Waals surface area contributed by atoms with Crippen LogP contribution in [0.15, 0.2) is 53.3 Å². The molecule has 1 aliphatic rings. The van der Waals surface area contributed by atoms with Crippen LogP contribution in [0.2, 0.25) is 0 Å². The van der Waals surface area contributed by atoms with Gasteiger partial charge >= 0.3 is 0 Å². The standard InChI is InChI=1S/C23H22N4O5/c24-16-18-14-17-2-7-21(32-11-1-8-25-9-12-31-13-10-25)15-22(17)26(23(18)28)19-3-5-20(6-4-19)27(29)30/h2-7,14-15H,1,8-13H2. The summed E-state index contributed by atoms with van der Waals surface area (Å²) in [7, 11) is 0. The largest absolute Gasteiger partial charge is 0.493 e. The van der Waals surface area contributed by atoms with E-state index >= 15 is 0 Å². The first kappa shape index (κ1) is 21.5. The van der Waals surface area contributed by atoms with Crippen LogP contribution in [0.4, 0.5) is 5.69 Å². The van der Waals surface area contributed by atoms with Crippen molar-refractivity contribution in [3.8, 4) is 17.5 Å². The van der Waals surface area contributed by atoms with Crippen LogP contribution in [0.1, 0.15) is 12.0 Å². The summed E-state index contributed by atoms with van der Waals surface area (Å²) in [6.45, 7) is 4.83. The summed E-state index contributed by atoms with van der Waals surface area (Å²) >= 11 is 0. The first-order valence-electron chi connectivity index (χ1n) is 10.3. The highest BCUT2D eigenvalue weighted by Crippen LogP contribution is 2.24. The molecule has 0 atom stereocenters. The van der Waals surface area contributed by atoms with Gasteiger partial charge in [0, 0.05) is 48.9 Å². The monoisotopic (exact) mass is 434 g/mol. The van der Waals surface area contributed by atoms with Gasteiger partial charge in [0.2, 0.25) is 0 Å². The maximum atomic E-state index is 12.9. The highest BCUT2D eigenvalue weighted by atomic mass is 16.6. The average molecular weight is 434 g/mol. The van der Waals surface area contributed by atoms with Gasteiger partial charge in [0.1, 0.15) is 17.4 Å². The predicted octanol–water partition coefficient (Wildman–Crippen LogP) is 2.87. The number of ether oxygens (including phenoxy) is 2. The smallest absolute Gasteiger partial charge is 0.273 e. The maximum Gasteiger partial charge on any atom is 0.273 e. The summed E-state index contributed by atoms with van der Waals surface area (Å²) in [6.07, 6.45) is 0.862. The second kappa shape index (κ2) is 9.60. The van der Waals surface area contributed by atoms with Crippen molar-refractivity contribution in [1.29, 1.82) is 5.26 Å². The van der Waals surface area contributed by atoms with E-state index in [1.165, 1.54) is 28.8 Å². The molecule has 0 spiro atoms. The number of nitro benzene ring substituents is 1. The number of nitrogens with zero attached hydrogens (tertiary/aromatic N) is 4. The normalized spacial score (nSPS) is 14.2. The summed E-state index contributed by atoms with van der Waals surface area (Å²) in [4.78, 5) is 25.7. The van der Waals surface area contributed by atoms with Crippen LogP contribution in [0.5, 0.6) is 5.75 Å². The summed E-state index contributed by atoms with van der Waals surface area (Å²) in [5.41, 5.74) is 0.431. The second-order valence-corrected chi connectivity index (χ2v) is 7.46. The quantitative estimate of drug-likeness (QED) is 0.319. The Morgan fingerprint density at radius 2 is 1.88 bits per heavy atom. The Hall–Kier alpha value is -3.74. The molecule has 0 saturated carbocycles. The third kappa shape index (κ3) is 4.61. The summed E-state index contributed by atoms with van der Waals surface area (Å²) in [5.74, 6) is 0.610. The molecule has 0 aliphatic carbocycles. The molecule has 1 saturated heterocycles. The van der Waals surface area contributed by atoms with Crippen molar-refractivity contribution in [2.45, 2.75) is 6.42 Å². The van der Waals surface area contributed by atoms with Crippen LogP contribution in [0, 0.1) is 21.4 Å². The number of aromatic nitrogens is 1. The summed E-state index contributed by atoms with van der Waals surface area (Å²) < 4.78 is 12.7. The van der Waals surface area contributed by atoms with Gasteiger partial charge in [-0.05, 0) is 36.8 Å². The van der Waals surface area contributed by atoms with Crippen LogP contribution in [0.25, 0.3) is 16.6 Å². The Balaban J connectivity index is 1.61. The van der Waals surface area contributed by atoms with Crippen molar-refractivity contribution in [2.24, 2.45) is 0 Å². The molecule has 0 N–H and O–H groups in total. The van der Waals surface area contributed by atoms with E-state index in [1.807, 2.05) is 12.1 Å². The molecule has 32 heavy (non-hydrogen) atoms. The van der Waals surface area contributed by atoms with Crippen LogP contribution in [0.3, 0.4) is 0 Å². The first-order chi connectivity index (χ1) is 15.6. The molecular formula is C23H22N4O5. The van der Waals surface area contributed by atoms with E-state index in [9.17, 15) is 20.2 Å². The van der Waals surface area contributed by atoms with E-state index in [2.05, 4.69) is 4.90 Å². The molecule has 1 aliphatic heterocycles. The van der Waals surface area contributed by atoms with Gasteiger partial charge in [-0.1, -0.05) is 0 Å². The van der Waals surface area contributed by atoms with Gasteiger partial charge in [-0.3, -0.25) is 24.4 Å². The van der Waals surface area contributed by atoms with E-state index in [-0.39, 0.29) is 11.3 Å². The number of fused-ring (bicyclic) bond motifs is 1. The lowest BCUT2D eigenvalue weighted by Crippen LogP contribution is -2.37. The molecule has 0 bridgehead atoms. The fourth-order valence-electron chi connectivity index (χ4n) is 3.74. The molecule has 0 unspecified atom stereocenters. The molecule has 164 valence electrons. The van der Waals surface area contributed by atoms with Gasteiger partial charge in [0.05, 0.1) is 30.3 Å². The molecule has 0 amide bonds. The maximum absolute atomic E-state index is 12.9. The number of nitriles is 1. The highest BCUT2D eigenvalue weighted by molar-refractivity contribution is 5.83. The number of nitro groups is 1. The topological polar surface area (TPSA) is 111 Å². The average Bonchev–Trinajstić information content (AvgIpc) is 2.82. The lowest BCUT2D eigenvalue weighted by Gasteiger charge is -2.26. The van der Waals surface area contributed by atoms with Gasteiger partial charge in [-0.2, -0.15) is 5.26 Å².